The van der Waals surface area contributed by atoms with Crippen LogP contribution in [0.1, 0.15) is 55.4 Å². The van der Waals surface area contributed by atoms with Crippen LogP contribution in [0.5, 0.6) is 0 Å². The molecule has 12 heteroatoms. The number of halogens is 6. The van der Waals surface area contributed by atoms with Crippen LogP contribution in [0.3, 0.4) is 0 Å². The molecule has 2 aliphatic rings. The van der Waals surface area contributed by atoms with Crippen molar-refractivity contribution < 1.29 is 36.3 Å². The van der Waals surface area contributed by atoms with Crippen LogP contribution >= 0.6 is 11.6 Å². The fourth-order valence-corrected chi connectivity index (χ4v) is 5.66. The summed E-state index contributed by atoms with van der Waals surface area (Å²) >= 11 is 6.35. The molecule has 0 fully saturated rings. The number of nitrogens with one attached hydrogen (secondary N) is 3. The van der Waals surface area contributed by atoms with Crippen LogP contribution in [-0.4, -0.2) is 17.7 Å². The van der Waals surface area contributed by atoms with Crippen LogP contribution in [0, 0.1) is 11.6 Å². The Balaban J connectivity index is 1.52. The maximum atomic E-state index is 14.3. The van der Waals surface area contributed by atoms with E-state index in [-0.39, 0.29) is 45.8 Å². The van der Waals surface area contributed by atoms with Gasteiger partial charge in [-0.3, -0.25) is 14.4 Å². The summed E-state index contributed by atoms with van der Waals surface area (Å²) in [5.41, 5.74) is 0.985. The molecule has 0 bridgehead atoms. The summed E-state index contributed by atoms with van der Waals surface area (Å²) in [5.74, 6) is -3.70. The Hall–Kier alpha value is -4.77. The molecule has 0 aliphatic carbocycles. The number of carbonyl (C=O) groups excluding carboxylic acids is 3. The van der Waals surface area contributed by atoms with Crippen molar-refractivity contribution in [3.63, 3.8) is 0 Å². The van der Waals surface area contributed by atoms with E-state index in [4.69, 9.17) is 11.6 Å². The van der Waals surface area contributed by atoms with Gasteiger partial charge in [0.05, 0.1) is 11.6 Å². The molecule has 2 heterocycles. The Bertz CT molecular complexity index is 1860. The van der Waals surface area contributed by atoms with Crippen LogP contribution < -0.4 is 16.0 Å². The van der Waals surface area contributed by atoms with Crippen molar-refractivity contribution in [3.05, 3.63) is 117 Å². The van der Waals surface area contributed by atoms with E-state index >= 15 is 0 Å². The van der Waals surface area contributed by atoms with Crippen LogP contribution in [0.25, 0.3) is 11.1 Å². The highest BCUT2D eigenvalue weighted by Crippen LogP contribution is 2.43. The van der Waals surface area contributed by atoms with Gasteiger partial charge < -0.3 is 16.0 Å². The minimum Gasteiger partial charge on any atom is -0.341 e. The smallest absolute Gasteiger partial charge is 0.341 e. The van der Waals surface area contributed by atoms with Gasteiger partial charge >= 0.3 is 6.18 Å². The second-order valence-corrected chi connectivity index (χ2v) is 10.5. The van der Waals surface area contributed by atoms with Gasteiger partial charge in [-0.2, -0.15) is 13.2 Å². The van der Waals surface area contributed by atoms with Crippen LogP contribution in [0.15, 0.2) is 66.7 Å². The number of fused-ring (bicyclic) bond motifs is 2. The van der Waals surface area contributed by atoms with E-state index in [9.17, 15) is 36.3 Å². The predicted molar refractivity (Wildman–Crippen MR) is 149 cm³/mol. The first kappa shape index (κ1) is 28.4. The van der Waals surface area contributed by atoms with Gasteiger partial charge in [0, 0.05) is 45.1 Å². The zero-order valence-corrected chi connectivity index (χ0v) is 22.6. The molecule has 4 aromatic carbocycles. The highest BCUT2D eigenvalue weighted by Gasteiger charge is 2.36. The van der Waals surface area contributed by atoms with E-state index in [2.05, 4.69) is 16.0 Å². The number of alkyl halides is 3. The van der Waals surface area contributed by atoms with Gasteiger partial charge in [0.2, 0.25) is 5.91 Å². The van der Waals surface area contributed by atoms with Gasteiger partial charge in [0.1, 0.15) is 11.6 Å². The number of benzene rings is 4. The lowest BCUT2D eigenvalue weighted by Gasteiger charge is -2.22. The summed E-state index contributed by atoms with van der Waals surface area (Å²) in [7, 11) is 0. The average Bonchev–Trinajstić information content (AvgIpc) is 3.29. The second-order valence-electron chi connectivity index (χ2n) is 10.1. The second kappa shape index (κ2) is 10.5. The fourth-order valence-electron chi connectivity index (χ4n) is 5.43. The summed E-state index contributed by atoms with van der Waals surface area (Å²) in [6.07, 6.45) is -4.29. The highest BCUT2D eigenvalue weighted by molar-refractivity contribution is 6.31. The van der Waals surface area contributed by atoms with Gasteiger partial charge in [0.25, 0.3) is 11.8 Å². The van der Waals surface area contributed by atoms with Crippen LogP contribution in [-0.2, 0) is 17.4 Å². The standard InChI is InChI=1S/C31H19ClF5N3O3/c32-23-6-4-17(33)13-21(23)28-27-22(30(43)40-28)10-14(19-2-1-3-24-20(19)5-7-26(41)38-24)11-25(27)39-29(42)15-8-16(31(35,36)37)12-18(34)9-15/h1-4,6,8-13,28H,5,7H2,(H,38,41)(H,39,42)(H,40,43). The van der Waals surface area contributed by atoms with Gasteiger partial charge in [-0.05, 0) is 77.7 Å². The minimum atomic E-state index is -4.91. The third-order valence-corrected chi connectivity index (χ3v) is 7.70. The Morgan fingerprint density at radius 1 is 0.907 bits per heavy atom. The number of hydrogen-bond acceptors (Lipinski definition) is 3. The molecule has 0 saturated heterocycles. The SMILES string of the molecule is O=C1CCc2c(cccc2-c2cc(NC(=O)c3cc(F)cc(C(F)(F)F)c3)c3c(c2)C(=O)NC3c2cc(F)ccc2Cl)N1. The highest BCUT2D eigenvalue weighted by atomic mass is 35.5. The van der Waals surface area contributed by atoms with Crippen molar-refractivity contribution in [1.29, 1.82) is 0 Å². The quantitative estimate of drug-likeness (QED) is 0.212. The van der Waals surface area contributed by atoms with E-state index < -0.39 is 46.8 Å². The first-order chi connectivity index (χ1) is 20.4. The lowest BCUT2D eigenvalue weighted by molar-refractivity contribution is -0.137. The molecule has 3 amide bonds. The van der Waals surface area contributed by atoms with Crippen molar-refractivity contribution in [1.82, 2.24) is 5.32 Å². The summed E-state index contributed by atoms with van der Waals surface area (Å²) in [6, 6.07) is 12.3. The van der Waals surface area contributed by atoms with Gasteiger partial charge in [-0.25, -0.2) is 8.78 Å². The molecule has 0 radical (unpaired) electrons. The molecule has 0 aromatic heterocycles. The number of amides is 3. The lowest BCUT2D eigenvalue weighted by atomic mass is 9.89. The molecule has 3 N–H and O–H groups in total. The zero-order chi connectivity index (χ0) is 30.6. The first-order valence-corrected chi connectivity index (χ1v) is 13.3. The fraction of sp³-hybridized carbons (Fsp3) is 0.129. The van der Waals surface area contributed by atoms with Crippen molar-refractivity contribution in [2.45, 2.75) is 25.1 Å². The van der Waals surface area contributed by atoms with E-state index in [0.29, 0.717) is 35.4 Å². The van der Waals surface area contributed by atoms with E-state index in [1.807, 2.05) is 0 Å². The lowest BCUT2D eigenvalue weighted by Crippen LogP contribution is -2.21. The third-order valence-electron chi connectivity index (χ3n) is 7.36. The largest absolute Gasteiger partial charge is 0.416 e. The molecular formula is C31H19ClF5N3O3. The number of rotatable bonds is 4. The van der Waals surface area contributed by atoms with E-state index in [0.717, 1.165) is 17.7 Å². The number of carbonyl (C=O) groups is 3. The topological polar surface area (TPSA) is 87.3 Å². The Morgan fingerprint density at radius 2 is 1.70 bits per heavy atom. The Kier molecular flexibility index (Phi) is 6.92. The molecule has 1 atom stereocenters. The van der Waals surface area contributed by atoms with Gasteiger partial charge in [0.15, 0.2) is 0 Å². The van der Waals surface area contributed by atoms with Crippen molar-refractivity contribution in [3.8, 4) is 11.1 Å². The van der Waals surface area contributed by atoms with Gasteiger partial charge in [-0.1, -0.05) is 23.7 Å². The van der Waals surface area contributed by atoms with E-state index in [1.54, 1.807) is 24.3 Å². The Labute approximate surface area is 245 Å². The maximum absolute atomic E-state index is 14.3. The third kappa shape index (κ3) is 5.32. The van der Waals surface area contributed by atoms with Gasteiger partial charge in [-0.15, -0.1) is 0 Å². The molecular weight excluding hydrogens is 593 g/mol. The monoisotopic (exact) mass is 611 g/mol. The summed E-state index contributed by atoms with van der Waals surface area (Å²) < 4.78 is 68.5. The van der Waals surface area contributed by atoms with Crippen molar-refractivity contribution in [2.24, 2.45) is 0 Å². The molecule has 218 valence electrons. The molecule has 43 heavy (non-hydrogen) atoms. The van der Waals surface area contributed by atoms with Crippen LogP contribution in [0.4, 0.5) is 33.3 Å². The molecule has 6 nitrogen and oxygen atoms in total. The van der Waals surface area contributed by atoms with E-state index in [1.165, 1.54) is 12.1 Å². The molecule has 0 saturated carbocycles. The summed E-state index contributed by atoms with van der Waals surface area (Å²) in [6.45, 7) is 0. The molecule has 0 spiro atoms. The maximum Gasteiger partial charge on any atom is 0.416 e. The number of anilines is 2. The Morgan fingerprint density at radius 3 is 2.47 bits per heavy atom. The van der Waals surface area contributed by atoms with Crippen molar-refractivity contribution in [2.75, 3.05) is 10.6 Å². The molecule has 2 aliphatic heterocycles. The summed E-state index contributed by atoms with van der Waals surface area (Å²) in [5, 5.41) is 8.20. The predicted octanol–water partition coefficient (Wildman–Crippen LogP) is 7.27. The van der Waals surface area contributed by atoms with Crippen LogP contribution in [0.2, 0.25) is 5.02 Å². The molecule has 1 unspecified atom stereocenters. The van der Waals surface area contributed by atoms with Crippen molar-refractivity contribution >= 4 is 40.7 Å². The zero-order valence-electron chi connectivity index (χ0n) is 21.8. The molecule has 6 rings (SSSR count). The normalized spacial score (nSPS) is 15.8. The minimum absolute atomic E-state index is 0.0106. The number of hydrogen-bond donors (Lipinski definition) is 3. The summed E-state index contributed by atoms with van der Waals surface area (Å²) in [4.78, 5) is 38.6. The molecule has 4 aromatic rings. The first-order valence-electron chi connectivity index (χ1n) is 12.9. The average molecular weight is 612 g/mol.